The molecular weight excluding hydrogens is 313 g/mol. The summed E-state index contributed by atoms with van der Waals surface area (Å²) in [7, 11) is 0. The van der Waals surface area contributed by atoms with E-state index in [0.717, 1.165) is 12.8 Å². The van der Waals surface area contributed by atoms with Crippen LogP contribution >= 0.6 is 24.2 Å². The van der Waals surface area contributed by atoms with Gasteiger partial charge < -0.3 is 10.6 Å². The zero-order chi connectivity index (χ0) is 13.9. The summed E-state index contributed by atoms with van der Waals surface area (Å²) in [6.45, 7) is 0.0842. The minimum atomic E-state index is -4.21. The summed E-state index contributed by atoms with van der Waals surface area (Å²) in [4.78, 5) is 11.6. The summed E-state index contributed by atoms with van der Waals surface area (Å²) in [5.41, 5.74) is -4.21. The van der Waals surface area contributed by atoms with Crippen molar-refractivity contribution in [3.8, 4) is 0 Å². The lowest BCUT2D eigenvalue weighted by molar-refractivity contribution is -0.122. The summed E-state index contributed by atoms with van der Waals surface area (Å²) in [6.07, 6.45) is 4.85. The predicted molar refractivity (Wildman–Crippen MR) is 76.1 cm³/mol. The molecule has 0 radical (unpaired) electrons. The number of carbonyl (C=O) groups excluding carboxylic acids is 1. The average Bonchev–Trinajstić information content (AvgIpc) is 2.63. The molecule has 2 aliphatic heterocycles. The Bertz CT molecular complexity index is 318. The molecule has 2 saturated heterocycles. The Morgan fingerprint density at radius 2 is 1.85 bits per heavy atom. The molecule has 0 saturated carbocycles. The largest absolute Gasteiger partial charge is 0.441 e. The number of nitrogens with one attached hydrogen (secondary N) is 2. The van der Waals surface area contributed by atoms with Crippen molar-refractivity contribution >= 4 is 30.1 Å². The summed E-state index contributed by atoms with van der Waals surface area (Å²) >= 11 is -0.0923. The van der Waals surface area contributed by atoms with E-state index in [4.69, 9.17) is 0 Å². The highest BCUT2D eigenvalue weighted by atomic mass is 35.5. The summed E-state index contributed by atoms with van der Waals surface area (Å²) in [6, 6.07) is 1.08. The van der Waals surface area contributed by atoms with Crippen LogP contribution in [-0.2, 0) is 4.79 Å². The molecule has 0 aromatic carbocycles. The second kappa shape index (κ2) is 7.75. The molecule has 2 unspecified atom stereocenters. The summed E-state index contributed by atoms with van der Waals surface area (Å²) in [5, 5.41) is 6.07. The van der Waals surface area contributed by atoms with Crippen LogP contribution in [0.1, 0.15) is 32.1 Å². The number of hydrogen-bond acceptors (Lipinski definition) is 3. The Morgan fingerprint density at radius 1 is 1.25 bits per heavy atom. The monoisotopic (exact) mass is 332 g/mol. The van der Waals surface area contributed by atoms with E-state index in [9.17, 15) is 18.0 Å². The van der Waals surface area contributed by atoms with Gasteiger partial charge in [0.1, 0.15) is 0 Å². The van der Waals surface area contributed by atoms with E-state index < -0.39 is 5.51 Å². The van der Waals surface area contributed by atoms with Gasteiger partial charge in [0.25, 0.3) is 0 Å². The Kier molecular flexibility index (Phi) is 6.94. The molecule has 118 valence electrons. The van der Waals surface area contributed by atoms with Gasteiger partial charge >= 0.3 is 5.51 Å². The van der Waals surface area contributed by atoms with Crippen molar-refractivity contribution in [3.05, 3.63) is 0 Å². The molecule has 2 fully saturated rings. The second-order valence-corrected chi connectivity index (χ2v) is 6.48. The first-order valence-electron chi connectivity index (χ1n) is 6.66. The smallest absolute Gasteiger partial charge is 0.355 e. The van der Waals surface area contributed by atoms with Crippen LogP contribution in [0.2, 0.25) is 0 Å². The minimum absolute atomic E-state index is 0. The molecule has 2 N–H and O–H groups in total. The lowest BCUT2D eigenvalue weighted by Crippen LogP contribution is -2.40. The van der Waals surface area contributed by atoms with Gasteiger partial charge in [-0.25, -0.2) is 0 Å². The molecule has 0 aromatic rings. The van der Waals surface area contributed by atoms with Gasteiger partial charge in [0.2, 0.25) is 5.91 Å². The first-order chi connectivity index (χ1) is 8.92. The fraction of sp³-hybridized carbons (Fsp3) is 0.917. The van der Waals surface area contributed by atoms with Crippen LogP contribution in [0.3, 0.4) is 0 Å². The first-order valence-corrected chi connectivity index (χ1v) is 7.64. The maximum Gasteiger partial charge on any atom is 0.441 e. The highest BCUT2D eigenvalue weighted by Crippen LogP contribution is 2.32. The Hall–Kier alpha value is -0.140. The van der Waals surface area contributed by atoms with E-state index >= 15 is 0 Å². The molecule has 8 heteroatoms. The third-order valence-electron chi connectivity index (χ3n) is 3.73. The molecule has 0 aliphatic carbocycles. The van der Waals surface area contributed by atoms with Crippen LogP contribution in [0.15, 0.2) is 0 Å². The third-order valence-corrected chi connectivity index (χ3v) is 4.47. The molecule has 2 rings (SSSR count). The van der Waals surface area contributed by atoms with Crippen molar-refractivity contribution in [2.75, 3.05) is 12.3 Å². The van der Waals surface area contributed by atoms with Crippen LogP contribution < -0.4 is 10.6 Å². The van der Waals surface area contributed by atoms with Gasteiger partial charge in [-0.05, 0) is 43.4 Å². The Balaban J connectivity index is 0.00000200. The van der Waals surface area contributed by atoms with E-state index in [0.29, 0.717) is 24.4 Å². The van der Waals surface area contributed by atoms with Gasteiger partial charge in [-0.3, -0.25) is 4.79 Å². The second-order valence-electron chi connectivity index (χ2n) is 5.32. The Morgan fingerprint density at radius 3 is 2.40 bits per heavy atom. The molecule has 2 aliphatic rings. The number of alkyl halides is 3. The van der Waals surface area contributed by atoms with E-state index in [2.05, 4.69) is 10.6 Å². The molecule has 1 amide bonds. The number of hydrogen-bond donors (Lipinski definition) is 2. The van der Waals surface area contributed by atoms with E-state index in [1.54, 1.807) is 0 Å². The van der Waals surface area contributed by atoms with Crippen molar-refractivity contribution in [1.82, 2.24) is 10.6 Å². The number of piperidine rings is 1. The van der Waals surface area contributed by atoms with Gasteiger partial charge in [0, 0.05) is 30.8 Å². The number of halogens is 4. The number of amides is 1. The number of carbonyl (C=O) groups is 1. The quantitative estimate of drug-likeness (QED) is 0.761. The van der Waals surface area contributed by atoms with E-state index in [1.165, 1.54) is 12.8 Å². The Labute approximate surface area is 127 Å². The molecule has 0 aromatic heterocycles. The molecular formula is C12H20ClF3N2OS. The lowest BCUT2D eigenvalue weighted by atomic mass is 9.89. The molecule has 2 bridgehead atoms. The predicted octanol–water partition coefficient (Wildman–Crippen LogP) is 2.70. The van der Waals surface area contributed by atoms with Crippen LogP contribution in [-0.4, -0.2) is 35.8 Å². The molecule has 3 nitrogen and oxygen atoms in total. The van der Waals surface area contributed by atoms with Crippen molar-refractivity contribution in [2.24, 2.45) is 5.92 Å². The van der Waals surface area contributed by atoms with Crippen LogP contribution in [0.25, 0.3) is 0 Å². The number of fused-ring (bicyclic) bond motifs is 2. The van der Waals surface area contributed by atoms with Crippen molar-refractivity contribution < 1.29 is 18.0 Å². The van der Waals surface area contributed by atoms with Crippen LogP contribution in [0.4, 0.5) is 13.2 Å². The fourth-order valence-electron chi connectivity index (χ4n) is 3.03. The summed E-state index contributed by atoms with van der Waals surface area (Å²) < 4.78 is 35.7. The third kappa shape index (κ3) is 6.10. The maximum absolute atomic E-state index is 11.9. The molecule has 20 heavy (non-hydrogen) atoms. The van der Waals surface area contributed by atoms with Crippen LogP contribution in [0, 0.1) is 5.92 Å². The number of rotatable bonds is 5. The fourth-order valence-corrected chi connectivity index (χ4v) is 3.47. The highest BCUT2D eigenvalue weighted by molar-refractivity contribution is 8.00. The summed E-state index contributed by atoms with van der Waals surface area (Å²) in [5.74, 6) is 0.148. The molecule has 2 atom stereocenters. The zero-order valence-electron chi connectivity index (χ0n) is 11.0. The van der Waals surface area contributed by atoms with E-state index in [1.807, 2.05) is 0 Å². The van der Waals surface area contributed by atoms with Crippen molar-refractivity contribution in [1.29, 1.82) is 0 Å². The van der Waals surface area contributed by atoms with Gasteiger partial charge in [0.05, 0.1) is 0 Å². The standard InChI is InChI=1S/C12H19F3N2OS.ClH/c13-12(14,15)19-4-3-16-11(18)7-8-5-9-1-2-10(6-8)17-9;/h8-10,17H,1-7H2,(H,16,18);1H. The van der Waals surface area contributed by atoms with Crippen molar-refractivity contribution in [3.63, 3.8) is 0 Å². The van der Waals surface area contributed by atoms with Crippen molar-refractivity contribution in [2.45, 2.75) is 49.7 Å². The minimum Gasteiger partial charge on any atom is -0.355 e. The van der Waals surface area contributed by atoms with Gasteiger partial charge in [0.15, 0.2) is 0 Å². The van der Waals surface area contributed by atoms with Gasteiger partial charge in [-0.15, -0.1) is 12.4 Å². The lowest BCUT2D eigenvalue weighted by Gasteiger charge is -2.28. The zero-order valence-corrected chi connectivity index (χ0v) is 12.7. The molecule has 2 heterocycles. The highest BCUT2D eigenvalue weighted by Gasteiger charge is 2.34. The van der Waals surface area contributed by atoms with Gasteiger partial charge in [-0.1, -0.05) is 0 Å². The van der Waals surface area contributed by atoms with Crippen LogP contribution in [0.5, 0.6) is 0 Å². The molecule has 0 spiro atoms. The van der Waals surface area contributed by atoms with E-state index in [-0.39, 0.29) is 42.4 Å². The average molecular weight is 333 g/mol. The first kappa shape index (κ1) is 17.9. The SMILES string of the molecule is Cl.O=C(CC1CC2CCC(C1)N2)NCCSC(F)(F)F. The number of thioether (sulfide) groups is 1. The normalized spacial score (nSPS) is 28.9. The maximum atomic E-state index is 11.9. The van der Waals surface area contributed by atoms with Gasteiger partial charge in [-0.2, -0.15) is 13.2 Å². The topological polar surface area (TPSA) is 41.1 Å².